The minimum Gasteiger partial charge on any atom is -0.381 e. The van der Waals surface area contributed by atoms with E-state index in [4.69, 9.17) is 19.4 Å². The fraction of sp³-hybridized carbons (Fsp3) is 0.450. The predicted molar refractivity (Wildman–Crippen MR) is 108 cm³/mol. The molecule has 28 heavy (non-hydrogen) atoms. The Kier molecular flexibility index (Phi) is 4.58. The van der Waals surface area contributed by atoms with E-state index in [1.165, 1.54) is 0 Å². The highest BCUT2D eigenvalue weighted by atomic mass is 16.5. The van der Waals surface area contributed by atoms with E-state index in [1.807, 2.05) is 24.4 Å². The number of rotatable bonds is 5. The van der Waals surface area contributed by atoms with E-state index >= 15 is 0 Å². The molecule has 3 aromatic heterocycles. The number of morpholine rings is 1. The summed E-state index contributed by atoms with van der Waals surface area (Å²) in [6.07, 6.45) is 3.69. The molecular formula is C20H24N6O2. The molecule has 0 saturated carbocycles. The van der Waals surface area contributed by atoms with Crippen LogP contribution in [0.5, 0.6) is 0 Å². The first-order valence-corrected chi connectivity index (χ1v) is 9.75. The first-order chi connectivity index (χ1) is 13.8. The third kappa shape index (κ3) is 3.29. The molecule has 0 amide bonds. The molecule has 0 aromatic carbocycles. The number of hydrogen-bond acceptors (Lipinski definition) is 7. The van der Waals surface area contributed by atoms with Crippen LogP contribution in [-0.2, 0) is 9.47 Å². The Labute approximate surface area is 163 Å². The van der Waals surface area contributed by atoms with Gasteiger partial charge in [0.05, 0.1) is 32.5 Å². The molecule has 0 bridgehead atoms. The van der Waals surface area contributed by atoms with Crippen LogP contribution in [0.15, 0.2) is 30.6 Å². The minimum absolute atomic E-state index is 0.272. The van der Waals surface area contributed by atoms with Gasteiger partial charge in [-0.1, -0.05) is 0 Å². The Morgan fingerprint density at radius 3 is 2.96 bits per heavy atom. The number of ether oxygens (including phenoxy) is 2. The van der Waals surface area contributed by atoms with Gasteiger partial charge in [0.25, 0.3) is 0 Å². The molecule has 3 aromatic rings. The van der Waals surface area contributed by atoms with Gasteiger partial charge in [-0.2, -0.15) is 0 Å². The Morgan fingerprint density at radius 1 is 1.21 bits per heavy atom. The second-order valence-corrected chi connectivity index (χ2v) is 7.44. The molecule has 0 aliphatic carbocycles. The molecule has 8 nitrogen and oxygen atoms in total. The highest BCUT2D eigenvalue weighted by molar-refractivity contribution is 5.91. The van der Waals surface area contributed by atoms with E-state index in [0.717, 1.165) is 54.5 Å². The van der Waals surface area contributed by atoms with Crippen LogP contribution in [0.4, 0.5) is 11.6 Å². The van der Waals surface area contributed by atoms with Gasteiger partial charge in [0, 0.05) is 48.4 Å². The minimum atomic E-state index is 0.272. The zero-order chi connectivity index (χ0) is 18.9. The molecule has 5 heterocycles. The van der Waals surface area contributed by atoms with Crippen molar-refractivity contribution in [2.24, 2.45) is 5.92 Å². The van der Waals surface area contributed by atoms with Gasteiger partial charge in [-0.25, -0.2) is 15.0 Å². The smallest absolute Gasteiger partial charge is 0.164 e. The van der Waals surface area contributed by atoms with Crippen molar-refractivity contribution < 1.29 is 9.47 Å². The number of nitrogens with one attached hydrogen (secondary N) is 2. The lowest BCUT2D eigenvalue weighted by molar-refractivity contribution is -0.0248. The molecule has 2 saturated heterocycles. The summed E-state index contributed by atoms with van der Waals surface area (Å²) in [5.74, 6) is 3.01. The van der Waals surface area contributed by atoms with Crippen molar-refractivity contribution in [2.75, 3.05) is 49.7 Å². The van der Waals surface area contributed by atoms with Crippen LogP contribution in [0.25, 0.3) is 22.4 Å². The van der Waals surface area contributed by atoms with E-state index < -0.39 is 0 Å². The summed E-state index contributed by atoms with van der Waals surface area (Å²) in [6.45, 7) is 6.88. The molecule has 0 radical (unpaired) electrons. The van der Waals surface area contributed by atoms with Crippen molar-refractivity contribution in [3.63, 3.8) is 0 Å². The fourth-order valence-electron chi connectivity index (χ4n) is 3.67. The number of pyridine rings is 1. The van der Waals surface area contributed by atoms with E-state index in [2.05, 4.69) is 27.1 Å². The summed E-state index contributed by atoms with van der Waals surface area (Å²) < 4.78 is 10.9. The summed E-state index contributed by atoms with van der Waals surface area (Å²) >= 11 is 0. The molecule has 0 spiro atoms. The monoisotopic (exact) mass is 380 g/mol. The second-order valence-electron chi connectivity index (χ2n) is 7.44. The molecule has 8 heteroatoms. The number of anilines is 2. The van der Waals surface area contributed by atoms with Gasteiger partial charge in [0.1, 0.15) is 17.3 Å². The van der Waals surface area contributed by atoms with Crippen LogP contribution in [-0.4, -0.2) is 65.5 Å². The number of H-pyrrole nitrogens is 1. The first kappa shape index (κ1) is 17.4. The number of aromatic nitrogens is 4. The first-order valence-electron chi connectivity index (χ1n) is 9.75. The van der Waals surface area contributed by atoms with Crippen LogP contribution in [0.1, 0.15) is 6.92 Å². The Morgan fingerprint density at radius 2 is 2.14 bits per heavy atom. The number of fused-ring (bicyclic) bond motifs is 1. The summed E-state index contributed by atoms with van der Waals surface area (Å²) in [4.78, 5) is 19.6. The maximum atomic E-state index is 5.60. The Bertz CT molecular complexity index is 970. The average Bonchev–Trinajstić information content (AvgIpc) is 3.16. The molecule has 5 rings (SSSR count). The SMILES string of the molecule is CC1COCCN1c1cc(NCC2COC2)nc(-c2ccnc3[nH]ccc23)n1. The van der Waals surface area contributed by atoms with Gasteiger partial charge in [0.15, 0.2) is 5.82 Å². The maximum Gasteiger partial charge on any atom is 0.164 e. The lowest BCUT2D eigenvalue weighted by Gasteiger charge is -2.34. The third-order valence-corrected chi connectivity index (χ3v) is 5.35. The van der Waals surface area contributed by atoms with Crippen LogP contribution in [0.2, 0.25) is 0 Å². The lowest BCUT2D eigenvalue weighted by Crippen LogP contribution is -2.44. The average molecular weight is 380 g/mol. The Hall–Kier alpha value is -2.71. The van der Waals surface area contributed by atoms with Crippen molar-refractivity contribution in [3.05, 3.63) is 30.6 Å². The van der Waals surface area contributed by atoms with E-state index in [9.17, 15) is 0 Å². The van der Waals surface area contributed by atoms with Crippen molar-refractivity contribution in [1.82, 2.24) is 19.9 Å². The van der Waals surface area contributed by atoms with Gasteiger partial charge in [-0.05, 0) is 19.1 Å². The molecule has 2 aliphatic heterocycles. The normalized spacial score (nSPS) is 20.3. The van der Waals surface area contributed by atoms with Gasteiger partial charge in [-0.3, -0.25) is 0 Å². The van der Waals surface area contributed by atoms with E-state index in [-0.39, 0.29) is 6.04 Å². The zero-order valence-corrected chi connectivity index (χ0v) is 15.9. The molecule has 1 unspecified atom stereocenters. The molecular weight excluding hydrogens is 356 g/mol. The van der Waals surface area contributed by atoms with Gasteiger partial charge >= 0.3 is 0 Å². The largest absolute Gasteiger partial charge is 0.381 e. The summed E-state index contributed by atoms with van der Waals surface area (Å²) in [6, 6.07) is 6.31. The quantitative estimate of drug-likeness (QED) is 0.702. The van der Waals surface area contributed by atoms with Crippen LogP contribution in [0.3, 0.4) is 0 Å². The molecule has 2 N–H and O–H groups in total. The second kappa shape index (κ2) is 7.37. The molecule has 1 atom stereocenters. The predicted octanol–water partition coefficient (Wildman–Crippen LogP) is 2.30. The van der Waals surface area contributed by atoms with Gasteiger partial charge < -0.3 is 24.7 Å². The lowest BCUT2D eigenvalue weighted by atomic mass is 10.1. The highest BCUT2D eigenvalue weighted by Gasteiger charge is 2.23. The summed E-state index contributed by atoms with van der Waals surface area (Å²) in [7, 11) is 0. The zero-order valence-electron chi connectivity index (χ0n) is 15.9. The fourth-order valence-corrected chi connectivity index (χ4v) is 3.67. The van der Waals surface area contributed by atoms with Gasteiger partial charge in [-0.15, -0.1) is 0 Å². The van der Waals surface area contributed by atoms with Crippen molar-refractivity contribution >= 4 is 22.7 Å². The van der Waals surface area contributed by atoms with Crippen molar-refractivity contribution in [2.45, 2.75) is 13.0 Å². The van der Waals surface area contributed by atoms with Crippen molar-refractivity contribution in [1.29, 1.82) is 0 Å². The van der Waals surface area contributed by atoms with Crippen molar-refractivity contribution in [3.8, 4) is 11.4 Å². The molecule has 146 valence electrons. The van der Waals surface area contributed by atoms with Crippen LogP contribution < -0.4 is 10.2 Å². The van der Waals surface area contributed by atoms with Crippen LogP contribution in [0, 0.1) is 5.92 Å². The standard InChI is InChI=1S/C20H24N6O2/c1-13-10-27-7-6-26(13)18-8-17(23-9-14-11-28-12-14)24-20(25-18)16-3-5-22-19-15(16)2-4-21-19/h2-5,8,13-14H,6-7,9-12H2,1H3,(H,21,22)(H,23,24,25). The highest BCUT2D eigenvalue weighted by Crippen LogP contribution is 2.29. The van der Waals surface area contributed by atoms with Gasteiger partial charge in [0.2, 0.25) is 0 Å². The number of aromatic amines is 1. The maximum absolute atomic E-state index is 5.60. The van der Waals surface area contributed by atoms with Crippen LogP contribution >= 0.6 is 0 Å². The third-order valence-electron chi connectivity index (χ3n) is 5.35. The molecule has 2 aliphatic rings. The summed E-state index contributed by atoms with van der Waals surface area (Å²) in [5.41, 5.74) is 1.82. The van der Waals surface area contributed by atoms with E-state index in [1.54, 1.807) is 6.20 Å². The molecule has 2 fully saturated rings. The Balaban J connectivity index is 1.54. The topological polar surface area (TPSA) is 88.2 Å². The van der Waals surface area contributed by atoms with E-state index in [0.29, 0.717) is 25.0 Å². The summed E-state index contributed by atoms with van der Waals surface area (Å²) in [5, 5.41) is 4.50. The number of hydrogen-bond donors (Lipinski definition) is 2. The number of nitrogens with zero attached hydrogens (tertiary/aromatic N) is 4.